The summed E-state index contributed by atoms with van der Waals surface area (Å²) in [6.45, 7) is 2.28. The molecular formula is C21H19N3O4S. The number of carbonyl (C=O) groups is 2. The zero-order chi connectivity index (χ0) is 20.4. The Morgan fingerprint density at radius 2 is 1.90 bits per heavy atom. The van der Waals surface area contributed by atoms with Gasteiger partial charge in [0.1, 0.15) is 0 Å². The van der Waals surface area contributed by atoms with E-state index in [1.165, 1.54) is 0 Å². The summed E-state index contributed by atoms with van der Waals surface area (Å²) >= 11 is 1.73. The summed E-state index contributed by atoms with van der Waals surface area (Å²) in [5, 5.41) is 7.23. The fourth-order valence-electron chi connectivity index (χ4n) is 3.29. The molecule has 148 valence electrons. The van der Waals surface area contributed by atoms with Crippen molar-refractivity contribution in [1.82, 2.24) is 10.2 Å². The average Bonchev–Trinajstić information content (AvgIpc) is 2.90. The van der Waals surface area contributed by atoms with Crippen LogP contribution in [0.2, 0.25) is 0 Å². The molecule has 3 aromatic rings. The highest BCUT2D eigenvalue weighted by molar-refractivity contribution is 8.00. The van der Waals surface area contributed by atoms with Crippen molar-refractivity contribution in [2.75, 3.05) is 18.1 Å². The minimum atomic E-state index is -0.753. The van der Waals surface area contributed by atoms with Gasteiger partial charge in [0.25, 0.3) is 11.5 Å². The molecule has 0 spiro atoms. The molecule has 1 aliphatic heterocycles. The van der Waals surface area contributed by atoms with E-state index in [9.17, 15) is 14.4 Å². The summed E-state index contributed by atoms with van der Waals surface area (Å²) < 4.78 is 5.25. The Labute approximate surface area is 171 Å². The first-order valence-corrected chi connectivity index (χ1v) is 10.1. The Morgan fingerprint density at radius 3 is 2.72 bits per heavy atom. The van der Waals surface area contributed by atoms with Crippen molar-refractivity contribution < 1.29 is 14.3 Å². The number of fused-ring (bicyclic) bond motifs is 2. The zero-order valence-corrected chi connectivity index (χ0v) is 16.6. The van der Waals surface area contributed by atoms with Crippen LogP contribution < -0.4 is 10.5 Å². The first-order chi connectivity index (χ1) is 14.0. The number of anilines is 1. The third-order valence-electron chi connectivity index (χ3n) is 4.76. The van der Waals surface area contributed by atoms with Gasteiger partial charge in [0.2, 0.25) is 0 Å². The topological polar surface area (TPSA) is 92.4 Å². The van der Waals surface area contributed by atoms with E-state index in [0.29, 0.717) is 22.6 Å². The fourth-order valence-corrected chi connectivity index (χ4v) is 4.40. The van der Waals surface area contributed by atoms with E-state index in [4.69, 9.17) is 4.74 Å². The van der Waals surface area contributed by atoms with Crippen molar-refractivity contribution in [3.63, 3.8) is 0 Å². The Hall–Kier alpha value is -3.13. The number of H-pyrrole nitrogens is 1. The average molecular weight is 409 g/mol. The molecule has 1 aromatic heterocycles. The van der Waals surface area contributed by atoms with Crippen molar-refractivity contribution in [3.05, 3.63) is 64.6 Å². The molecule has 7 nitrogen and oxygen atoms in total. The monoisotopic (exact) mass is 409 g/mol. The molecule has 1 aliphatic rings. The summed E-state index contributed by atoms with van der Waals surface area (Å²) in [6, 6.07) is 14.4. The number of rotatable bonds is 3. The Bertz CT molecular complexity index is 1140. The van der Waals surface area contributed by atoms with E-state index in [1.807, 2.05) is 24.3 Å². The van der Waals surface area contributed by atoms with Crippen molar-refractivity contribution in [3.8, 4) is 0 Å². The summed E-state index contributed by atoms with van der Waals surface area (Å²) in [5.41, 5.74) is 0.421. The van der Waals surface area contributed by atoms with E-state index in [0.717, 1.165) is 17.0 Å². The van der Waals surface area contributed by atoms with Gasteiger partial charge in [-0.15, -0.1) is 11.8 Å². The third kappa shape index (κ3) is 3.88. The number of hydrogen-bond donors (Lipinski definition) is 1. The second kappa shape index (κ2) is 8.08. The second-order valence-electron chi connectivity index (χ2n) is 6.75. The van der Waals surface area contributed by atoms with Crippen LogP contribution in [-0.4, -0.2) is 40.5 Å². The molecule has 2 heterocycles. The molecule has 4 rings (SSSR count). The lowest BCUT2D eigenvalue weighted by Gasteiger charge is -2.22. The fraction of sp³-hybridized carbons (Fsp3) is 0.238. The number of esters is 1. The number of aromatic amines is 1. The predicted molar refractivity (Wildman–Crippen MR) is 111 cm³/mol. The van der Waals surface area contributed by atoms with Gasteiger partial charge in [0, 0.05) is 22.1 Å². The van der Waals surface area contributed by atoms with Crippen molar-refractivity contribution in [2.24, 2.45) is 0 Å². The van der Waals surface area contributed by atoms with Gasteiger partial charge in [-0.05, 0) is 24.6 Å². The van der Waals surface area contributed by atoms with Crippen LogP contribution in [0.1, 0.15) is 23.8 Å². The smallest absolute Gasteiger partial charge is 0.359 e. The summed E-state index contributed by atoms with van der Waals surface area (Å²) in [7, 11) is 0. The lowest BCUT2D eigenvalue weighted by atomic mass is 10.1. The summed E-state index contributed by atoms with van der Waals surface area (Å²) in [5.74, 6) is -1.05. The number of ether oxygens (including phenoxy) is 1. The molecule has 8 heteroatoms. The van der Waals surface area contributed by atoms with Gasteiger partial charge >= 0.3 is 5.97 Å². The number of para-hydroxylation sites is 1. The molecule has 0 saturated carbocycles. The molecule has 2 aromatic carbocycles. The highest BCUT2D eigenvalue weighted by atomic mass is 32.2. The van der Waals surface area contributed by atoms with E-state index < -0.39 is 12.6 Å². The minimum absolute atomic E-state index is 0.0200. The van der Waals surface area contributed by atoms with Gasteiger partial charge < -0.3 is 9.64 Å². The number of aromatic nitrogens is 2. The maximum atomic E-state index is 12.8. The lowest BCUT2D eigenvalue weighted by Crippen LogP contribution is -2.36. The van der Waals surface area contributed by atoms with Crippen molar-refractivity contribution in [1.29, 1.82) is 0 Å². The van der Waals surface area contributed by atoms with Crippen LogP contribution in [-0.2, 0) is 9.53 Å². The van der Waals surface area contributed by atoms with Gasteiger partial charge in [-0.3, -0.25) is 9.59 Å². The largest absolute Gasteiger partial charge is 0.451 e. The van der Waals surface area contributed by atoms with E-state index in [1.54, 1.807) is 40.9 Å². The minimum Gasteiger partial charge on any atom is -0.451 e. The number of amides is 1. The van der Waals surface area contributed by atoms with Crippen LogP contribution in [0, 0.1) is 0 Å². The molecule has 0 fully saturated rings. The Morgan fingerprint density at radius 1 is 1.17 bits per heavy atom. The standard InChI is InChI=1S/C21H19N3O4S/c1-13-10-11-24(16-8-4-5-9-17(16)29-13)18(25)12-28-21(27)19-14-6-2-3-7-15(14)20(26)23-22-19/h2-9,13H,10-12H2,1H3,(H,23,26)/t13-/m0/s1. The molecule has 1 atom stereocenters. The van der Waals surface area contributed by atoms with Gasteiger partial charge in [-0.2, -0.15) is 5.10 Å². The normalized spacial score (nSPS) is 16.2. The maximum absolute atomic E-state index is 12.8. The zero-order valence-electron chi connectivity index (χ0n) is 15.8. The molecule has 29 heavy (non-hydrogen) atoms. The number of hydrogen-bond acceptors (Lipinski definition) is 6. The quantitative estimate of drug-likeness (QED) is 0.669. The first kappa shape index (κ1) is 19.2. The molecule has 0 radical (unpaired) electrons. The van der Waals surface area contributed by atoms with Crippen molar-refractivity contribution >= 4 is 40.1 Å². The summed E-state index contributed by atoms with van der Waals surface area (Å²) in [6.07, 6.45) is 0.838. The van der Waals surface area contributed by atoms with E-state index in [-0.39, 0.29) is 17.2 Å². The third-order valence-corrected chi connectivity index (χ3v) is 6.00. The first-order valence-electron chi connectivity index (χ1n) is 9.25. The van der Waals surface area contributed by atoms with Gasteiger partial charge in [0.15, 0.2) is 12.3 Å². The number of carbonyl (C=O) groups excluding carboxylic acids is 2. The molecule has 1 amide bonds. The molecule has 0 unspecified atom stereocenters. The number of benzene rings is 2. The van der Waals surface area contributed by atoms with E-state index >= 15 is 0 Å². The highest BCUT2D eigenvalue weighted by Gasteiger charge is 2.25. The number of nitrogens with zero attached hydrogens (tertiary/aromatic N) is 2. The molecule has 0 bridgehead atoms. The molecule has 1 N–H and O–H groups in total. The van der Waals surface area contributed by atoms with Crippen molar-refractivity contribution in [2.45, 2.75) is 23.5 Å². The molecular weight excluding hydrogens is 390 g/mol. The van der Waals surface area contributed by atoms with Gasteiger partial charge in [0.05, 0.1) is 11.1 Å². The van der Waals surface area contributed by atoms with Crippen LogP contribution in [0.25, 0.3) is 10.8 Å². The van der Waals surface area contributed by atoms with Gasteiger partial charge in [-0.25, -0.2) is 9.89 Å². The highest BCUT2D eigenvalue weighted by Crippen LogP contribution is 2.37. The number of nitrogens with one attached hydrogen (secondary N) is 1. The molecule has 0 aliphatic carbocycles. The van der Waals surface area contributed by atoms with Crippen LogP contribution >= 0.6 is 11.8 Å². The Balaban J connectivity index is 1.53. The van der Waals surface area contributed by atoms with E-state index in [2.05, 4.69) is 17.1 Å². The number of thioether (sulfide) groups is 1. The van der Waals surface area contributed by atoms with Crippen LogP contribution in [0.15, 0.2) is 58.2 Å². The Kier molecular flexibility index (Phi) is 5.35. The SMILES string of the molecule is C[C@H]1CCN(C(=O)COC(=O)c2n[nH]c(=O)c3ccccc23)c2ccccc2S1. The second-order valence-corrected chi connectivity index (χ2v) is 8.23. The van der Waals surface area contributed by atoms with Crippen LogP contribution in [0.4, 0.5) is 5.69 Å². The summed E-state index contributed by atoms with van der Waals surface area (Å²) in [4.78, 5) is 39.9. The molecule has 0 saturated heterocycles. The maximum Gasteiger partial charge on any atom is 0.359 e. The predicted octanol–water partition coefficient (Wildman–Crippen LogP) is 3.00. The van der Waals surface area contributed by atoms with Gasteiger partial charge in [-0.1, -0.05) is 37.3 Å². The van der Waals surface area contributed by atoms with Crippen LogP contribution in [0.5, 0.6) is 0 Å². The lowest BCUT2D eigenvalue weighted by molar-refractivity contribution is -0.121. The van der Waals surface area contributed by atoms with Crippen LogP contribution in [0.3, 0.4) is 0 Å².